The van der Waals surface area contributed by atoms with Crippen LogP contribution in [0.3, 0.4) is 0 Å². The number of amides is 1. The molecule has 1 amide bonds. The van der Waals surface area contributed by atoms with Crippen LogP contribution in [0.15, 0.2) is 48.6 Å². The number of phosphoric acid groups is 1. The summed E-state index contributed by atoms with van der Waals surface area (Å²) in [5, 5.41) is 21.9. The Bertz CT molecular complexity index is 1250. The highest BCUT2D eigenvalue weighted by Gasteiger charge is 2.28. The van der Waals surface area contributed by atoms with E-state index in [-0.39, 0.29) is 12.8 Å². The summed E-state index contributed by atoms with van der Waals surface area (Å²) in [6, 6.07) is -1.55. The molecule has 0 saturated heterocycles. The molecule has 0 aliphatic carbocycles. The number of allylic oxidation sites excluding steroid dienone is 8. The topological polar surface area (TPSA) is 169 Å². The van der Waals surface area contributed by atoms with Gasteiger partial charge in [-0.05, 0) is 77.0 Å². The van der Waals surface area contributed by atoms with E-state index in [4.69, 9.17) is 13.8 Å². The summed E-state index contributed by atoms with van der Waals surface area (Å²) in [4.78, 5) is 46.1. The molecule has 0 bridgehead atoms. The lowest BCUT2D eigenvalue weighted by molar-refractivity contribution is -0.147. The van der Waals surface area contributed by atoms with E-state index in [2.05, 4.69) is 67.8 Å². The molecule has 0 heterocycles. The van der Waals surface area contributed by atoms with Gasteiger partial charge in [-0.3, -0.25) is 18.6 Å². The van der Waals surface area contributed by atoms with Gasteiger partial charge in [-0.25, -0.2) is 9.36 Å². The highest BCUT2D eigenvalue weighted by atomic mass is 31.2. The zero-order valence-electron chi connectivity index (χ0n) is 39.9. The maximum absolute atomic E-state index is 12.4. The SMILES string of the molecule is CCCCC/C=C\C/C=C\C/C=C\CCCCCCCCCCC(=O)NC(COP(=O)(O)OCC(O)COC(=O)CCCCCCCCC/C=C\CCCCCCCCC)C(=O)O. The van der Waals surface area contributed by atoms with E-state index in [1.807, 2.05) is 0 Å². The predicted molar refractivity (Wildman–Crippen MR) is 259 cm³/mol. The van der Waals surface area contributed by atoms with Crippen LogP contribution in [0.2, 0.25) is 0 Å². The number of hydrogen-bond donors (Lipinski definition) is 4. The molecule has 0 fully saturated rings. The van der Waals surface area contributed by atoms with Crippen LogP contribution in [-0.4, -0.2) is 64.9 Å². The Morgan fingerprint density at radius 2 is 0.873 bits per heavy atom. The summed E-state index contributed by atoms with van der Waals surface area (Å²) >= 11 is 0. The number of carboxylic acid groups (broad SMARTS) is 1. The van der Waals surface area contributed by atoms with Gasteiger partial charge in [0.15, 0.2) is 6.04 Å². The van der Waals surface area contributed by atoms with Gasteiger partial charge in [-0.1, -0.05) is 184 Å². The van der Waals surface area contributed by atoms with Crippen LogP contribution in [0.4, 0.5) is 0 Å². The first-order valence-electron chi connectivity index (χ1n) is 25.2. The Hall–Kier alpha value is -2.56. The van der Waals surface area contributed by atoms with Crippen molar-refractivity contribution in [2.45, 2.75) is 238 Å². The van der Waals surface area contributed by atoms with Gasteiger partial charge in [-0.2, -0.15) is 0 Å². The molecule has 0 aromatic carbocycles. The fourth-order valence-electron chi connectivity index (χ4n) is 6.91. The third-order valence-corrected chi connectivity index (χ3v) is 11.8. The normalized spacial score (nSPS) is 14.0. The zero-order valence-corrected chi connectivity index (χ0v) is 40.8. The lowest BCUT2D eigenvalue weighted by atomic mass is 10.1. The first kappa shape index (κ1) is 60.4. The number of carboxylic acids is 1. The monoisotopic (exact) mass is 910 g/mol. The molecule has 0 spiro atoms. The second kappa shape index (κ2) is 46.0. The number of phosphoric ester groups is 1. The first-order chi connectivity index (χ1) is 30.6. The molecule has 63 heavy (non-hydrogen) atoms. The Kier molecular flexibility index (Phi) is 44.1. The number of aliphatic carboxylic acids is 1. The standard InChI is InChI=1S/C51H92NO10P/c1-3-5-7-9-11-13-15-17-19-21-23-24-25-26-28-30-32-34-36-38-40-42-49(54)52-48(51(56)57)46-62-63(58,59)61-45-47(53)44-60-50(55)43-41-39-37-35-33-31-29-27-22-20-18-16-14-12-10-8-6-4-2/h11,13,17,19-20,22-24,47-48,53H,3-10,12,14-16,18,21,25-46H2,1-2H3,(H,52,54)(H,56,57)(H,58,59)/b13-11-,19-17-,22-20-,24-23-. The second-order valence-electron chi connectivity index (χ2n) is 17.0. The molecule has 11 nitrogen and oxygen atoms in total. The summed E-state index contributed by atoms with van der Waals surface area (Å²) < 4.78 is 26.9. The Morgan fingerprint density at radius 1 is 0.508 bits per heavy atom. The van der Waals surface area contributed by atoms with Gasteiger partial charge in [0.05, 0.1) is 13.2 Å². The summed E-state index contributed by atoms with van der Waals surface area (Å²) in [5.74, 6) is -2.38. The number of carbonyl (C=O) groups excluding carboxylic acids is 2. The van der Waals surface area contributed by atoms with Gasteiger partial charge >= 0.3 is 19.8 Å². The predicted octanol–water partition coefficient (Wildman–Crippen LogP) is 13.7. The molecule has 0 saturated carbocycles. The minimum absolute atomic E-state index is 0.136. The van der Waals surface area contributed by atoms with Gasteiger partial charge in [0, 0.05) is 12.8 Å². The van der Waals surface area contributed by atoms with Crippen molar-refractivity contribution >= 4 is 25.7 Å². The number of rotatable bonds is 47. The largest absolute Gasteiger partial charge is 0.480 e. The number of hydrogen-bond acceptors (Lipinski definition) is 8. The quantitative estimate of drug-likeness (QED) is 0.0200. The fourth-order valence-corrected chi connectivity index (χ4v) is 7.68. The van der Waals surface area contributed by atoms with Gasteiger partial charge in [0.2, 0.25) is 5.91 Å². The van der Waals surface area contributed by atoms with Crippen LogP contribution in [0.25, 0.3) is 0 Å². The Balaban J connectivity index is 3.86. The van der Waals surface area contributed by atoms with E-state index in [1.54, 1.807) is 0 Å². The zero-order chi connectivity index (χ0) is 46.3. The molecular formula is C51H92NO10P. The minimum Gasteiger partial charge on any atom is -0.480 e. The van der Waals surface area contributed by atoms with Crippen molar-refractivity contribution in [1.29, 1.82) is 0 Å². The third-order valence-electron chi connectivity index (χ3n) is 10.8. The van der Waals surface area contributed by atoms with Crippen molar-refractivity contribution in [2.24, 2.45) is 0 Å². The lowest BCUT2D eigenvalue weighted by Crippen LogP contribution is -2.43. The van der Waals surface area contributed by atoms with Crippen molar-refractivity contribution in [3.05, 3.63) is 48.6 Å². The number of aliphatic hydroxyl groups excluding tert-OH is 1. The number of unbranched alkanes of at least 4 members (excludes halogenated alkanes) is 25. The molecule has 0 aliphatic heterocycles. The molecule has 4 N–H and O–H groups in total. The van der Waals surface area contributed by atoms with Crippen LogP contribution < -0.4 is 5.32 Å². The van der Waals surface area contributed by atoms with Crippen molar-refractivity contribution in [3.63, 3.8) is 0 Å². The van der Waals surface area contributed by atoms with E-state index in [9.17, 15) is 34.1 Å². The van der Waals surface area contributed by atoms with E-state index < -0.39 is 57.6 Å². The summed E-state index contributed by atoms with van der Waals surface area (Å²) in [7, 11) is -4.77. The summed E-state index contributed by atoms with van der Waals surface area (Å²) in [5.41, 5.74) is 0. The average molecular weight is 910 g/mol. The molecule has 0 aliphatic rings. The van der Waals surface area contributed by atoms with Crippen LogP contribution >= 0.6 is 7.82 Å². The smallest absolute Gasteiger partial charge is 0.472 e. The van der Waals surface area contributed by atoms with E-state index in [0.717, 1.165) is 70.6 Å². The van der Waals surface area contributed by atoms with Crippen LogP contribution in [0.5, 0.6) is 0 Å². The average Bonchev–Trinajstić information content (AvgIpc) is 3.26. The molecule has 0 radical (unpaired) electrons. The van der Waals surface area contributed by atoms with Gasteiger partial charge in [0.1, 0.15) is 12.7 Å². The van der Waals surface area contributed by atoms with Crippen LogP contribution in [0, 0.1) is 0 Å². The number of nitrogens with one attached hydrogen (secondary N) is 1. The fraction of sp³-hybridized carbons (Fsp3) is 0.784. The maximum atomic E-state index is 12.4. The number of esters is 1. The van der Waals surface area contributed by atoms with Gasteiger partial charge < -0.3 is 25.2 Å². The van der Waals surface area contributed by atoms with Gasteiger partial charge in [0.25, 0.3) is 0 Å². The first-order valence-corrected chi connectivity index (χ1v) is 26.7. The van der Waals surface area contributed by atoms with Gasteiger partial charge in [-0.15, -0.1) is 0 Å². The van der Waals surface area contributed by atoms with Crippen molar-refractivity contribution < 1.29 is 47.8 Å². The van der Waals surface area contributed by atoms with Crippen molar-refractivity contribution in [1.82, 2.24) is 5.32 Å². The molecule has 3 unspecified atom stereocenters. The lowest BCUT2D eigenvalue weighted by Gasteiger charge is -2.18. The highest BCUT2D eigenvalue weighted by molar-refractivity contribution is 7.47. The number of carbonyl (C=O) groups is 3. The molecular weight excluding hydrogens is 818 g/mol. The van der Waals surface area contributed by atoms with E-state index >= 15 is 0 Å². The third kappa shape index (κ3) is 45.8. The van der Waals surface area contributed by atoms with Crippen LogP contribution in [0.1, 0.15) is 226 Å². The second-order valence-corrected chi connectivity index (χ2v) is 18.5. The number of aliphatic hydroxyl groups is 1. The van der Waals surface area contributed by atoms with Crippen molar-refractivity contribution in [3.8, 4) is 0 Å². The maximum Gasteiger partial charge on any atom is 0.472 e. The minimum atomic E-state index is -4.77. The number of ether oxygens (including phenoxy) is 1. The van der Waals surface area contributed by atoms with E-state index in [0.29, 0.717) is 12.8 Å². The highest BCUT2D eigenvalue weighted by Crippen LogP contribution is 2.43. The van der Waals surface area contributed by atoms with Crippen molar-refractivity contribution in [2.75, 3.05) is 19.8 Å². The Labute approximate surface area is 384 Å². The molecule has 0 rings (SSSR count). The summed E-state index contributed by atoms with van der Waals surface area (Å²) in [6.07, 6.45) is 52.7. The molecule has 12 heteroatoms. The molecule has 0 aromatic heterocycles. The Morgan fingerprint density at radius 3 is 1.35 bits per heavy atom. The van der Waals surface area contributed by atoms with E-state index in [1.165, 1.54) is 116 Å². The summed E-state index contributed by atoms with van der Waals surface area (Å²) in [6.45, 7) is 2.58. The molecule has 0 aromatic rings. The molecule has 366 valence electrons. The van der Waals surface area contributed by atoms with Crippen LogP contribution in [-0.2, 0) is 32.7 Å². The molecule has 3 atom stereocenters.